The van der Waals surface area contributed by atoms with Crippen LogP contribution < -0.4 is 14.8 Å². The molecule has 2 heterocycles. The number of pyridine rings is 1. The highest BCUT2D eigenvalue weighted by Gasteiger charge is 2.17. The van der Waals surface area contributed by atoms with Gasteiger partial charge in [0.15, 0.2) is 11.5 Å². The summed E-state index contributed by atoms with van der Waals surface area (Å²) in [6, 6.07) is 6.07. The number of hydrogen-bond acceptors (Lipinski definition) is 5. The molecule has 136 valence electrons. The van der Waals surface area contributed by atoms with Crippen LogP contribution in [0.1, 0.15) is 26.7 Å². The molecule has 1 aliphatic heterocycles. The molecule has 1 atom stereocenters. The zero-order valence-corrected chi connectivity index (χ0v) is 15.5. The van der Waals surface area contributed by atoms with Crippen molar-refractivity contribution < 1.29 is 9.47 Å². The van der Waals surface area contributed by atoms with Gasteiger partial charge in [0.25, 0.3) is 0 Å². The van der Waals surface area contributed by atoms with E-state index in [4.69, 9.17) is 9.47 Å². The molecule has 1 aromatic carbocycles. The minimum absolute atomic E-state index is 0.610. The number of nitrogens with zero attached hydrogens (tertiary/aromatic N) is 2. The van der Waals surface area contributed by atoms with Crippen LogP contribution in [0.15, 0.2) is 24.4 Å². The minimum Gasteiger partial charge on any atom is -0.490 e. The second kappa shape index (κ2) is 8.39. The maximum absolute atomic E-state index is 5.77. The lowest BCUT2D eigenvalue weighted by molar-refractivity contribution is 0.217. The molecule has 0 bridgehead atoms. The predicted octanol–water partition coefficient (Wildman–Crippen LogP) is 3.79. The van der Waals surface area contributed by atoms with Crippen molar-refractivity contribution in [3.05, 3.63) is 24.4 Å². The number of fused-ring (bicyclic) bond motifs is 1. The third-order valence-corrected chi connectivity index (χ3v) is 4.71. The van der Waals surface area contributed by atoms with Crippen LogP contribution in [0.2, 0.25) is 0 Å². The Morgan fingerprint density at radius 1 is 1.20 bits per heavy atom. The number of anilines is 1. The van der Waals surface area contributed by atoms with Crippen molar-refractivity contribution in [3.8, 4) is 11.5 Å². The lowest BCUT2D eigenvalue weighted by Crippen LogP contribution is -2.35. The zero-order valence-electron chi connectivity index (χ0n) is 15.5. The van der Waals surface area contributed by atoms with E-state index in [0.717, 1.165) is 41.2 Å². The van der Waals surface area contributed by atoms with Gasteiger partial charge in [-0.05, 0) is 58.3 Å². The topological polar surface area (TPSA) is 46.6 Å². The van der Waals surface area contributed by atoms with E-state index in [0.29, 0.717) is 19.1 Å². The van der Waals surface area contributed by atoms with Gasteiger partial charge in [0.1, 0.15) is 0 Å². The molecule has 1 fully saturated rings. The van der Waals surface area contributed by atoms with E-state index in [2.05, 4.69) is 22.2 Å². The summed E-state index contributed by atoms with van der Waals surface area (Å²) in [7, 11) is 2.21. The van der Waals surface area contributed by atoms with Crippen molar-refractivity contribution in [3.63, 3.8) is 0 Å². The molecule has 1 aliphatic rings. The van der Waals surface area contributed by atoms with Crippen molar-refractivity contribution >= 4 is 16.6 Å². The van der Waals surface area contributed by atoms with Gasteiger partial charge in [0.05, 0.1) is 18.7 Å². The Hall–Kier alpha value is -2.01. The number of likely N-dealkylation sites (tertiary alicyclic amines) is 1. The molecule has 1 unspecified atom stereocenters. The highest BCUT2D eigenvalue weighted by atomic mass is 16.5. The van der Waals surface area contributed by atoms with Crippen LogP contribution in [0.4, 0.5) is 5.69 Å². The van der Waals surface area contributed by atoms with Crippen molar-refractivity contribution in [2.24, 2.45) is 5.92 Å². The lowest BCUT2D eigenvalue weighted by atomic mass is 9.98. The summed E-state index contributed by atoms with van der Waals surface area (Å²) in [4.78, 5) is 6.93. The minimum atomic E-state index is 0.610. The fourth-order valence-electron chi connectivity index (χ4n) is 3.54. The summed E-state index contributed by atoms with van der Waals surface area (Å²) in [5.74, 6) is 2.23. The van der Waals surface area contributed by atoms with Crippen LogP contribution in [0.3, 0.4) is 0 Å². The molecule has 0 aliphatic carbocycles. The van der Waals surface area contributed by atoms with Gasteiger partial charge in [0, 0.05) is 36.4 Å². The van der Waals surface area contributed by atoms with Crippen LogP contribution in [0.25, 0.3) is 10.9 Å². The van der Waals surface area contributed by atoms with Crippen LogP contribution in [0, 0.1) is 5.92 Å². The third-order valence-electron chi connectivity index (χ3n) is 4.71. The first kappa shape index (κ1) is 17.8. The quantitative estimate of drug-likeness (QED) is 0.829. The van der Waals surface area contributed by atoms with Gasteiger partial charge in [-0.15, -0.1) is 0 Å². The number of benzene rings is 1. The molecular formula is C20H29N3O2. The van der Waals surface area contributed by atoms with E-state index in [-0.39, 0.29) is 0 Å². The Kier molecular flexibility index (Phi) is 5.97. The predicted molar refractivity (Wildman–Crippen MR) is 103 cm³/mol. The smallest absolute Gasteiger partial charge is 0.163 e. The van der Waals surface area contributed by atoms with E-state index < -0.39 is 0 Å². The van der Waals surface area contributed by atoms with Crippen LogP contribution in [0.5, 0.6) is 11.5 Å². The first-order valence-electron chi connectivity index (χ1n) is 9.32. The maximum atomic E-state index is 5.77. The highest BCUT2D eigenvalue weighted by molar-refractivity contribution is 5.93. The molecule has 2 aromatic rings. The summed E-state index contributed by atoms with van der Waals surface area (Å²) >= 11 is 0. The summed E-state index contributed by atoms with van der Waals surface area (Å²) < 4.78 is 11.5. The summed E-state index contributed by atoms with van der Waals surface area (Å²) in [6.45, 7) is 8.55. The Balaban J connectivity index is 1.83. The normalized spacial score (nSPS) is 18.3. The largest absolute Gasteiger partial charge is 0.490 e. The second-order valence-electron chi connectivity index (χ2n) is 6.69. The van der Waals surface area contributed by atoms with Crippen molar-refractivity contribution in [2.45, 2.75) is 26.7 Å². The third kappa shape index (κ3) is 4.34. The summed E-state index contributed by atoms with van der Waals surface area (Å²) in [6.07, 6.45) is 4.43. The summed E-state index contributed by atoms with van der Waals surface area (Å²) in [5.41, 5.74) is 2.04. The first-order valence-corrected chi connectivity index (χ1v) is 9.32. The van der Waals surface area contributed by atoms with Gasteiger partial charge in [-0.2, -0.15) is 0 Å². The summed E-state index contributed by atoms with van der Waals surface area (Å²) in [5, 5.41) is 4.72. The lowest BCUT2D eigenvalue weighted by Gasteiger charge is -2.30. The SMILES string of the molecule is CCOc1cc2nccc(NCC3CCCN(C)C3)c2cc1OCC. The molecule has 0 amide bonds. The number of hydrogen-bond donors (Lipinski definition) is 1. The number of piperidine rings is 1. The molecule has 1 saturated heterocycles. The molecule has 5 nitrogen and oxygen atoms in total. The van der Waals surface area contributed by atoms with E-state index in [1.807, 2.05) is 38.2 Å². The average molecular weight is 343 g/mol. The number of aromatic nitrogens is 1. The van der Waals surface area contributed by atoms with E-state index >= 15 is 0 Å². The van der Waals surface area contributed by atoms with E-state index in [1.54, 1.807) is 0 Å². The van der Waals surface area contributed by atoms with E-state index in [9.17, 15) is 0 Å². The van der Waals surface area contributed by atoms with Gasteiger partial charge in [-0.25, -0.2) is 0 Å². The number of rotatable bonds is 7. The Bertz CT molecular complexity index is 705. The maximum Gasteiger partial charge on any atom is 0.163 e. The van der Waals surface area contributed by atoms with Gasteiger partial charge in [-0.3, -0.25) is 4.98 Å². The van der Waals surface area contributed by atoms with Gasteiger partial charge < -0.3 is 19.7 Å². The second-order valence-corrected chi connectivity index (χ2v) is 6.69. The van der Waals surface area contributed by atoms with Crippen LogP contribution >= 0.6 is 0 Å². The number of ether oxygens (including phenoxy) is 2. The number of nitrogens with one attached hydrogen (secondary N) is 1. The van der Waals surface area contributed by atoms with Crippen LogP contribution in [-0.2, 0) is 0 Å². The van der Waals surface area contributed by atoms with Crippen molar-refractivity contribution in [1.82, 2.24) is 9.88 Å². The molecule has 5 heteroatoms. The Morgan fingerprint density at radius 2 is 1.96 bits per heavy atom. The first-order chi connectivity index (χ1) is 12.2. The Labute approximate surface area is 150 Å². The standard InChI is InChI=1S/C20H29N3O2/c1-4-24-19-11-16-17(22-13-15-7-6-10-23(3)14-15)8-9-21-18(16)12-20(19)25-5-2/h8-9,11-12,15H,4-7,10,13-14H2,1-3H3,(H,21,22). The van der Waals surface area contributed by atoms with E-state index in [1.165, 1.54) is 19.4 Å². The monoisotopic (exact) mass is 343 g/mol. The van der Waals surface area contributed by atoms with Gasteiger partial charge in [-0.1, -0.05) is 0 Å². The molecular weight excluding hydrogens is 314 g/mol. The molecule has 1 aromatic heterocycles. The van der Waals surface area contributed by atoms with Crippen LogP contribution in [-0.4, -0.2) is 49.8 Å². The fraction of sp³-hybridized carbons (Fsp3) is 0.550. The van der Waals surface area contributed by atoms with Crippen molar-refractivity contribution in [1.29, 1.82) is 0 Å². The molecule has 0 saturated carbocycles. The van der Waals surface area contributed by atoms with Gasteiger partial charge in [0.2, 0.25) is 0 Å². The molecule has 3 rings (SSSR count). The molecule has 1 N–H and O–H groups in total. The molecule has 0 spiro atoms. The van der Waals surface area contributed by atoms with Gasteiger partial charge >= 0.3 is 0 Å². The highest BCUT2D eigenvalue weighted by Crippen LogP contribution is 2.35. The van der Waals surface area contributed by atoms with Crippen molar-refractivity contribution in [2.75, 3.05) is 45.2 Å². The molecule has 25 heavy (non-hydrogen) atoms. The molecule has 0 radical (unpaired) electrons. The zero-order chi connectivity index (χ0) is 17.6. The fourth-order valence-corrected chi connectivity index (χ4v) is 3.54. The Morgan fingerprint density at radius 3 is 2.68 bits per heavy atom. The average Bonchev–Trinajstić information content (AvgIpc) is 2.61.